The van der Waals surface area contributed by atoms with Crippen molar-refractivity contribution in [3.05, 3.63) is 0 Å². The van der Waals surface area contributed by atoms with E-state index in [4.69, 9.17) is 5.73 Å². The minimum atomic E-state index is 0.546. The van der Waals surface area contributed by atoms with Gasteiger partial charge in [-0.25, -0.2) is 0 Å². The van der Waals surface area contributed by atoms with E-state index in [1.165, 1.54) is 51.6 Å². The van der Waals surface area contributed by atoms with Crippen LogP contribution in [0.15, 0.2) is 0 Å². The molecule has 1 aliphatic carbocycles. The van der Waals surface area contributed by atoms with Gasteiger partial charge in [0.2, 0.25) is 0 Å². The summed E-state index contributed by atoms with van der Waals surface area (Å²) >= 11 is 0. The van der Waals surface area contributed by atoms with Gasteiger partial charge < -0.3 is 11.1 Å². The van der Waals surface area contributed by atoms with Crippen molar-refractivity contribution in [1.82, 2.24) is 5.32 Å². The van der Waals surface area contributed by atoms with Gasteiger partial charge in [0.25, 0.3) is 0 Å². The summed E-state index contributed by atoms with van der Waals surface area (Å²) in [6.45, 7) is 10.7. The molecule has 0 radical (unpaired) electrons. The van der Waals surface area contributed by atoms with Crippen molar-refractivity contribution in [3.63, 3.8) is 0 Å². The van der Waals surface area contributed by atoms with Crippen LogP contribution >= 0.6 is 0 Å². The average molecular weight is 216 g/mol. The van der Waals surface area contributed by atoms with Crippen LogP contribution in [-0.4, -0.2) is 19.1 Å². The van der Waals surface area contributed by atoms with E-state index < -0.39 is 0 Å². The Morgan fingerprint density at radius 2 is 1.40 bits per heavy atom. The molecule has 0 unspecified atom stereocenters. The smallest absolute Gasteiger partial charge is 0.00388 e. The van der Waals surface area contributed by atoms with Crippen LogP contribution in [0.1, 0.15) is 66.2 Å². The quantitative estimate of drug-likeness (QED) is 0.708. The van der Waals surface area contributed by atoms with Crippen molar-refractivity contribution in [1.29, 1.82) is 0 Å². The van der Waals surface area contributed by atoms with Crippen LogP contribution in [-0.2, 0) is 0 Å². The Bertz CT molecular complexity index is 84.5. The predicted octanol–water partition coefficient (Wildman–Crippen LogP) is 3.31. The largest absolute Gasteiger partial charge is 0.328 e. The third-order valence-electron chi connectivity index (χ3n) is 2.25. The van der Waals surface area contributed by atoms with Gasteiger partial charge in [0, 0.05) is 6.04 Å². The molecule has 2 nitrogen and oxygen atoms in total. The van der Waals surface area contributed by atoms with E-state index in [1.54, 1.807) is 0 Å². The fourth-order valence-corrected chi connectivity index (χ4v) is 1.44. The molecule has 1 fully saturated rings. The lowest BCUT2D eigenvalue weighted by Gasteiger charge is -1.95. The molecular formula is C13H32N2. The van der Waals surface area contributed by atoms with E-state index in [0.29, 0.717) is 6.04 Å². The highest BCUT2D eigenvalue weighted by molar-refractivity contribution is 4.67. The summed E-state index contributed by atoms with van der Waals surface area (Å²) in [4.78, 5) is 0. The summed E-state index contributed by atoms with van der Waals surface area (Å²) in [5.41, 5.74) is 5.53. The summed E-state index contributed by atoms with van der Waals surface area (Å²) in [5, 5.41) is 3.28. The second kappa shape index (κ2) is 16.4. The van der Waals surface area contributed by atoms with Gasteiger partial charge in [-0.05, 0) is 38.8 Å². The molecule has 0 amide bonds. The van der Waals surface area contributed by atoms with Gasteiger partial charge >= 0.3 is 0 Å². The lowest BCUT2D eigenvalue weighted by atomic mass is 10.3. The number of rotatable bonds is 4. The van der Waals surface area contributed by atoms with E-state index in [-0.39, 0.29) is 0 Å². The SMILES string of the molecule is CC.CCCNCCC.NC1CCCC1. The summed E-state index contributed by atoms with van der Waals surface area (Å²) in [6.07, 6.45) is 7.75. The molecule has 15 heavy (non-hydrogen) atoms. The van der Waals surface area contributed by atoms with Crippen LogP contribution in [0.25, 0.3) is 0 Å². The van der Waals surface area contributed by atoms with Gasteiger partial charge in [0.1, 0.15) is 0 Å². The summed E-state index contributed by atoms with van der Waals surface area (Å²) in [6, 6.07) is 0.546. The molecular weight excluding hydrogens is 184 g/mol. The maximum atomic E-state index is 5.53. The van der Waals surface area contributed by atoms with Crippen LogP contribution in [0.5, 0.6) is 0 Å². The van der Waals surface area contributed by atoms with Gasteiger partial charge in [-0.3, -0.25) is 0 Å². The molecule has 1 rings (SSSR count). The normalized spacial score (nSPS) is 15.0. The van der Waals surface area contributed by atoms with E-state index >= 15 is 0 Å². The molecule has 0 aromatic rings. The highest BCUT2D eigenvalue weighted by Gasteiger charge is 2.07. The Kier molecular flexibility index (Phi) is 18.9. The van der Waals surface area contributed by atoms with Gasteiger partial charge in [-0.1, -0.05) is 40.5 Å². The number of hydrogen-bond acceptors (Lipinski definition) is 2. The maximum Gasteiger partial charge on any atom is 0.00388 e. The first-order valence-electron chi connectivity index (χ1n) is 6.77. The zero-order valence-corrected chi connectivity index (χ0v) is 11.3. The molecule has 0 saturated heterocycles. The number of nitrogens with two attached hydrogens (primary N) is 1. The van der Waals surface area contributed by atoms with E-state index in [1.807, 2.05) is 13.8 Å². The highest BCUT2D eigenvalue weighted by Crippen LogP contribution is 2.14. The van der Waals surface area contributed by atoms with Crippen molar-refractivity contribution >= 4 is 0 Å². The standard InChI is InChI=1S/C6H15N.C5H11N.C2H6/c1-3-5-7-6-4-2;6-5-3-1-2-4-5;1-2/h7H,3-6H2,1-2H3;5H,1-4,6H2;1-2H3. The number of hydrogen-bond donors (Lipinski definition) is 2. The molecule has 0 bridgehead atoms. The topological polar surface area (TPSA) is 38.0 Å². The Balaban J connectivity index is 0. The molecule has 0 spiro atoms. The first-order chi connectivity index (χ1) is 7.31. The molecule has 0 aliphatic heterocycles. The van der Waals surface area contributed by atoms with Gasteiger partial charge in [-0.15, -0.1) is 0 Å². The summed E-state index contributed by atoms with van der Waals surface area (Å²) < 4.78 is 0. The first-order valence-corrected chi connectivity index (χ1v) is 6.77. The minimum Gasteiger partial charge on any atom is -0.328 e. The Morgan fingerprint density at radius 1 is 1.00 bits per heavy atom. The maximum absolute atomic E-state index is 5.53. The molecule has 0 heterocycles. The van der Waals surface area contributed by atoms with Crippen LogP contribution < -0.4 is 11.1 Å². The molecule has 0 atom stereocenters. The van der Waals surface area contributed by atoms with Gasteiger partial charge in [0.15, 0.2) is 0 Å². The zero-order valence-electron chi connectivity index (χ0n) is 11.3. The monoisotopic (exact) mass is 216 g/mol. The van der Waals surface area contributed by atoms with Crippen molar-refractivity contribution in [2.24, 2.45) is 5.73 Å². The first kappa shape index (κ1) is 17.3. The Morgan fingerprint density at radius 3 is 1.60 bits per heavy atom. The molecule has 0 aromatic heterocycles. The number of nitrogens with one attached hydrogen (secondary N) is 1. The van der Waals surface area contributed by atoms with E-state index in [9.17, 15) is 0 Å². The zero-order chi connectivity index (χ0) is 11.9. The Hall–Kier alpha value is -0.0800. The fourth-order valence-electron chi connectivity index (χ4n) is 1.44. The van der Waals surface area contributed by atoms with E-state index in [2.05, 4.69) is 19.2 Å². The molecule has 3 N–H and O–H groups in total. The predicted molar refractivity (Wildman–Crippen MR) is 71.2 cm³/mol. The van der Waals surface area contributed by atoms with Crippen molar-refractivity contribution < 1.29 is 0 Å². The van der Waals surface area contributed by atoms with Crippen LogP contribution in [0, 0.1) is 0 Å². The molecule has 1 saturated carbocycles. The van der Waals surface area contributed by atoms with Gasteiger partial charge in [-0.2, -0.15) is 0 Å². The van der Waals surface area contributed by atoms with Crippen molar-refractivity contribution in [2.75, 3.05) is 13.1 Å². The average Bonchev–Trinajstić information content (AvgIpc) is 2.74. The molecule has 1 aliphatic rings. The lowest BCUT2D eigenvalue weighted by Crippen LogP contribution is -2.14. The second-order valence-electron chi connectivity index (χ2n) is 3.79. The third-order valence-corrected chi connectivity index (χ3v) is 2.25. The van der Waals surface area contributed by atoms with Crippen LogP contribution in [0.3, 0.4) is 0 Å². The second-order valence-corrected chi connectivity index (χ2v) is 3.79. The lowest BCUT2D eigenvalue weighted by molar-refractivity contribution is 0.662. The summed E-state index contributed by atoms with van der Waals surface area (Å²) in [5.74, 6) is 0. The van der Waals surface area contributed by atoms with Crippen LogP contribution in [0.2, 0.25) is 0 Å². The molecule has 94 valence electrons. The van der Waals surface area contributed by atoms with Gasteiger partial charge in [0.05, 0.1) is 0 Å². The minimum absolute atomic E-state index is 0.546. The molecule has 2 heteroatoms. The fraction of sp³-hybridized carbons (Fsp3) is 1.00. The van der Waals surface area contributed by atoms with Crippen molar-refractivity contribution in [2.45, 2.75) is 72.3 Å². The highest BCUT2D eigenvalue weighted by atomic mass is 14.8. The Labute approximate surface area is 97.0 Å². The molecule has 0 aromatic carbocycles. The van der Waals surface area contributed by atoms with Crippen molar-refractivity contribution in [3.8, 4) is 0 Å². The third kappa shape index (κ3) is 16.6. The van der Waals surface area contributed by atoms with E-state index in [0.717, 1.165) is 0 Å². The van der Waals surface area contributed by atoms with Crippen LogP contribution in [0.4, 0.5) is 0 Å². The summed E-state index contributed by atoms with van der Waals surface area (Å²) in [7, 11) is 0.